The number of fused-ring (bicyclic) bond motifs is 4. The van der Waals surface area contributed by atoms with Crippen molar-refractivity contribution in [1.82, 2.24) is 15.0 Å². The van der Waals surface area contributed by atoms with E-state index < -0.39 is 0 Å². The van der Waals surface area contributed by atoms with E-state index in [2.05, 4.69) is 83.4 Å². The smallest absolute Gasteiger partial charge is 0.144 e. The number of furan rings is 1. The van der Waals surface area contributed by atoms with Crippen LogP contribution >= 0.6 is 0 Å². The van der Waals surface area contributed by atoms with Crippen LogP contribution in [0.3, 0.4) is 0 Å². The highest BCUT2D eigenvalue weighted by atomic mass is 16.3. The van der Waals surface area contributed by atoms with E-state index >= 15 is 0 Å². The molecule has 4 heteroatoms. The molecule has 0 atom stereocenters. The summed E-state index contributed by atoms with van der Waals surface area (Å²) in [6.07, 6.45) is 5.24. The first-order valence-corrected chi connectivity index (χ1v) is 10.8. The van der Waals surface area contributed by atoms with Gasteiger partial charge in [0.25, 0.3) is 0 Å². The lowest BCUT2D eigenvalue weighted by atomic mass is 9.99. The first kappa shape index (κ1) is 18.7. The lowest BCUT2D eigenvalue weighted by Gasteiger charge is -2.08. The molecule has 0 N–H and O–H groups in total. The molecule has 0 radical (unpaired) electrons. The number of benzene rings is 3. The second-order valence-corrected chi connectivity index (χ2v) is 8.35. The van der Waals surface area contributed by atoms with E-state index in [-0.39, 0.29) is 0 Å². The summed E-state index contributed by atoms with van der Waals surface area (Å²) in [6, 6.07) is 23.0. The van der Waals surface area contributed by atoms with Gasteiger partial charge in [0, 0.05) is 34.1 Å². The molecule has 0 fully saturated rings. The molecule has 6 rings (SSSR count). The second-order valence-electron chi connectivity index (χ2n) is 8.35. The first-order chi connectivity index (χ1) is 15.7. The van der Waals surface area contributed by atoms with Crippen molar-refractivity contribution in [3.05, 3.63) is 91.0 Å². The Hall–Kier alpha value is -4.05. The van der Waals surface area contributed by atoms with E-state index in [4.69, 9.17) is 4.42 Å². The Morgan fingerprint density at radius 3 is 2.31 bits per heavy atom. The molecule has 3 aromatic heterocycles. The molecule has 0 bridgehead atoms. The molecule has 154 valence electrons. The van der Waals surface area contributed by atoms with Crippen molar-refractivity contribution >= 4 is 32.8 Å². The Balaban J connectivity index is 1.59. The van der Waals surface area contributed by atoms with E-state index in [0.717, 1.165) is 55.2 Å². The molecule has 0 amide bonds. The number of aromatic nitrogens is 3. The molecule has 0 aliphatic rings. The molecule has 3 heterocycles. The van der Waals surface area contributed by atoms with Crippen LogP contribution in [0, 0.1) is 0 Å². The number of para-hydroxylation sites is 2. The highest BCUT2D eigenvalue weighted by Gasteiger charge is 2.18. The maximum atomic E-state index is 6.51. The molecule has 0 aliphatic carbocycles. The number of rotatable bonds is 3. The Morgan fingerprint density at radius 2 is 1.50 bits per heavy atom. The van der Waals surface area contributed by atoms with Crippen molar-refractivity contribution in [3.63, 3.8) is 0 Å². The van der Waals surface area contributed by atoms with Crippen LogP contribution in [0.1, 0.15) is 25.3 Å². The molecule has 0 saturated carbocycles. The van der Waals surface area contributed by atoms with Gasteiger partial charge in [0.2, 0.25) is 0 Å². The van der Waals surface area contributed by atoms with Gasteiger partial charge in [-0.1, -0.05) is 50.2 Å². The van der Waals surface area contributed by atoms with Gasteiger partial charge in [0.15, 0.2) is 0 Å². The summed E-state index contributed by atoms with van der Waals surface area (Å²) >= 11 is 0. The third kappa shape index (κ3) is 2.88. The quantitative estimate of drug-likeness (QED) is 0.302. The summed E-state index contributed by atoms with van der Waals surface area (Å²) in [7, 11) is 0. The van der Waals surface area contributed by atoms with Crippen molar-refractivity contribution in [2.45, 2.75) is 19.8 Å². The zero-order valence-corrected chi connectivity index (χ0v) is 17.9. The Kier molecular flexibility index (Phi) is 4.25. The molecule has 0 spiro atoms. The lowest BCUT2D eigenvalue weighted by Crippen LogP contribution is -1.90. The Labute approximate surface area is 185 Å². The minimum absolute atomic E-state index is 0.384. The topological polar surface area (TPSA) is 51.8 Å². The van der Waals surface area contributed by atoms with Crippen molar-refractivity contribution in [2.24, 2.45) is 0 Å². The summed E-state index contributed by atoms with van der Waals surface area (Å²) in [6.45, 7) is 4.39. The van der Waals surface area contributed by atoms with Crippen molar-refractivity contribution in [1.29, 1.82) is 0 Å². The maximum absolute atomic E-state index is 6.51. The highest BCUT2D eigenvalue weighted by Crippen LogP contribution is 2.39. The Morgan fingerprint density at radius 1 is 0.719 bits per heavy atom. The van der Waals surface area contributed by atoms with Crippen LogP contribution in [0.2, 0.25) is 0 Å². The molecule has 32 heavy (non-hydrogen) atoms. The van der Waals surface area contributed by atoms with Crippen LogP contribution in [-0.2, 0) is 0 Å². The minimum atomic E-state index is 0.384. The molecule has 0 unspecified atom stereocenters. The number of pyridine rings is 1. The molecule has 0 saturated heterocycles. The average molecular weight is 415 g/mol. The van der Waals surface area contributed by atoms with Crippen molar-refractivity contribution in [2.75, 3.05) is 0 Å². The fourth-order valence-corrected chi connectivity index (χ4v) is 4.48. The summed E-state index contributed by atoms with van der Waals surface area (Å²) < 4.78 is 6.51. The molecular weight excluding hydrogens is 394 g/mol. The van der Waals surface area contributed by atoms with Gasteiger partial charge < -0.3 is 4.42 Å². The zero-order chi connectivity index (χ0) is 21.7. The SMILES string of the molecule is CC(C)c1cccc2c1oc1c(-c3ncnc4cc(-c5ccncc5)ccc34)cccc12. The zero-order valence-electron chi connectivity index (χ0n) is 17.9. The fraction of sp³-hybridized carbons (Fsp3) is 0.107. The second kappa shape index (κ2) is 7.27. The monoisotopic (exact) mass is 415 g/mol. The Bertz CT molecular complexity index is 1600. The van der Waals surface area contributed by atoms with E-state index in [1.54, 1.807) is 18.7 Å². The number of nitrogens with zero attached hydrogens (tertiary/aromatic N) is 3. The summed E-state index contributed by atoms with van der Waals surface area (Å²) in [4.78, 5) is 13.3. The highest BCUT2D eigenvalue weighted by molar-refractivity contribution is 6.12. The molecular formula is C28H21N3O. The van der Waals surface area contributed by atoms with Crippen LogP contribution in [0.15, 0.2) is 89.9 Å². The van der Waals surface area contributed by atoms with Gasteiger partial charge >= 0.3 is 0 Å². The van der Waals surface area contributed by atoms with Crippen LogP contribution < -0.4 is 0 Å². The van der Waals surface area contributed by atoms with Crippen molar-refractivity contribution in [3.8, 4) is 22.4 Å². The fourth-order valence-electron chi connectivity index (χ4n) is 4.48. The minimum Gasteiger partial charge on any atom is -0.455 e. The summed E-state index contributed by atoms with van der Waals surface area (Å²) in [5, 5.41) is 3.26. The summed E-state index contributed by atoms with van der Waals surface area (Å²) in [5.41, 5.74) is 8.04. The molecule has 3 aromatic carbocycles. The van der Waals surface area contributed by atoms with Crippen molar-refractivity contribution < 1.29 is 4.42 Å². The summed E-state index contributed by atoms with van der Waals surface area (Å²) in [5.74, 6) is 0.384. The van der Waals surface area contributed by atoms with E-state index in [1.807, 2.05) is 12.1 Å². The van der Waals surface area contributed by atoms with Gasteiger partial charge in [-0.3, -0.25) is 4.98 Å². The van der Waals surface area contributed by atoms with Crippen LogP contribution in [0.25, 0.3) is 55.2 Å². The van der Waals surface area contributed by atoms with E-state index in [9.17, 15) is 0 Å². The molecule has 4 nitrogen and oxygen atoms in total. The first-order valence-electron chi connectivity index (χ1n) is 10.8. The third-order valence-electron chi connectivity index (χ3n) is 6.08. The predicted molar refractivity (Wildman–Crippen MR) is 130 cm³/mol. The van der Waals surface area contributed by atoms with Gasteiger partial charge in [-0.2, -0.15) is 0 Å². The molecule has 6 aromatic rings. The predicted octanol–water partition coefficient (Wildman–Crippen LogP) is 7.38. The van der Waals surface area contributed by atoms with Gasteiger partial charge in [-0.15, -0.1) is 0 Å². The van der Waals surface area contributed by atoms with Crippen LogP contribution in [-0.4, -0.2) is 15.0 Å². The molecule has 0 aliphatic heterocycles. The largest absolute Gasteiger partial charge is 0.455 e. The van der Waals surface area contributed by atoms with Gasteiger partial charge in [-0.05, 0) is 52.9 Å². The van der Waals surface area contributed by atoms with Gasteiger partial charge in [0.05, 0.1) is 11.2 Å². The van der Waals surface area contributed by atoms with Gasteiger partial charge in [-0.25, -0.2) is 9.97 Å². The number of hydrogen-bond acceptors (Lipinski definition) is 4. The lowest BCUT2D eigenvalue weighted by molar-refractivity contribution is 0.658. The van der Waals surface area contributed by atoms with Crippen LogP contribution in [0.4, 0.5) is 0 Å². The van der Waals surface area contributed by atoms with Crippen LogP contribution in [0.5, 0.6) is 0 Å². The number of hydrogen-bond donors (Lipinski definition) is 0. The maximum Gasteiger partial charge on any atom is 0.144 e. The normalized spacial score (nSPS) is 11.7. The van der Waals surface area contributed by atoms with Gasteiger partial charge in [0.1, 0.15) is 17.5 Å². The van der Waals surface area contributed by atoms with E-state index in [1.165, 1.54) is 5.56 Å². The van der Waals surface area contributed by atoms with E-state index in [0.29, 0.717) is 5.92 Å². The average Bonchev–Trinajstić information content (AvgIpc) is 3.23. The standard InChI is InChI=1S/C28H21N3O/c1-17(2)20-5-3-6-21-22-7-4-8-24(28(22)32-27(20)21)26-23-10-9-19(15-25(23)30-16-31-26)18-11-13-29-14-12-18/h3-17H,1-2H3. The third-order valence-corrected chi connectivity index (χ3v) is 6.08.